The van der Waals surface area contributed by atoms with Crippen LogP contribution in [0.1, 0.15) is 6.42 Å². The molecule has 0 amide bonds. The molecule has 0 aromatic heterocycles. The van der Waals surface area contributed by atoms with Gasteiger partial charge in [-0.2, -0.15) is 4.31 Å². The van der Waals surface area contributed by atoms with Gasteiger partial charge in [-0.05, 0) is 6.42 Å². The van der Waals surface area contributed by atoms with Crippen molar-refractivity contribution in [3.8, 4) is 0 Å². The molecule has 1 unspecified atom stereocenters. The van der Waals surface area contributed by atoms with Crippen molar-refractivity contribution in [2.75, 3.05) is 38.4 Å². The van der Waals surface area contributed by atoms with Crippen molar-refractivity contribution in [3.63, 3.8) is 0 Å². The Balaban J connectivity index is 2.63. The first-order chi connectivity index (χ1) is 8.01. The van der Waals surface area contributed by atoms with Crippen LogP contribution in [0, 0.1) is 0 Å². The summed E-state index contributed by atoms with van der Waals surface area (Å²) in [6, 6.07) is 0. The van der Waals surface area contributed by atoms with Crippen LogP contribution < -0.4 is 0 Å². The number of methoxy groups -OCH3 is 1. The molecule has 0 aromatic carbocycles. The molecule has 1 atom stereocenters. The van der Waals surface area contributed by atoms with Crippen LogP contribution in [0.15, 0.2) is 0 Å². The minimum Gasteiger partial charge on any atom is -0.467 e. The standard InChI is InChI=1S/C9H16ClNO5S/c1-15-9(12)8-7-11(4-5-16-8)17(13,14)6-2-3-10/h8H,2-7H2,1H3. The number of esters is 1. The van der Waals surface area contributed by atoms with Crippen molar-refractivity contribution in [3.05, 3.63) is 0 Å². The van der Waals surface area contributed by atoms with E-state index in [1.165, 1.54) is 11.4 Å². The minimum atomic E-state index is -3.36. The number of halogens is 1. The van der Waals surface area contributed by atoms with E-state index in [0.29, 0.717) is 12.3 Å². The summed E-state index contributed by atoms with van der Waals surface area (Å²) in [7, 11) is -2.12. The minimum absolute atomic E-state index is 0.00953. The van der Waals surface area contributed by atoms with Crippen molar-refractivity contribution in [2.24, 2.45) is 0 Å². The van der Waals surface area contributed by atoms with Crippen LogP contribution in [-0.4, -0.2) is 63.2 Å². The number of nitrogens with zero attached hydrogens (tertiary/aromatic N) is 1. The van der Waals surface area contributed by atoms with Gasteiger partial charge in [0, 0.05) is 12.4 Å². The highest BCUT2D eigenvalue weighted by Gasteiger charge is 2.33. The molecule has 1 aliphatic heterocycles. The molecule has 6 nitrogen and oxygen atoms in total. The molecule has 0 saturated carbocycles. The second-order valence-corrected chi connectivity index (χ2v) is 6.07. The largest absolute Gasteiger partial charge is 0.467 e. The summed E-state index contributed by atoms with van der Waals surface area (Å²) in [6.45, 7) is 0.468. The fourth-order valence-corrected chi connectivity index (χ4v) is 3.29. The van der Waals surface area contributed by atoms with E-state index in [9.17, 15) is 13.2 Å². The normalized spacial score (nSPS) is 22.4. The Kier molecular flexibility index (Phi) is 5.64. The van der Waals surface area contributed by atoms with Crippen molar-refractivity contribution >= 4 is 27.6 Å². The first-order valence-corrected chi connectivity index (χ1v) is 7.39. The van der Waals surface area contributed by atoms with Gasteiger partial charge in [-0.15, -0.1) is 11.6 Å². The molecule has 17 heavy (non-hydrogen) atoms. The van der Waals surface area contributed by atoms with Crippen LogP contribution >= 0.6 is 11.6 Å². The molecule has 0 spiro atoms. The number of alkyl halides is 1. The summed E-state index contributed by atoms with van der Waals surface area (Å²) in [5.74, 6) is -0.267. The Hall–Kier alpha value is -0.370. The number of sulfonamides is 1. The molecule has 1 aliphatic rings. The first-order valence-electron chi connectivity index (χ1n) is 5.24. The van der Waals surface area contributed by atoms with Gasteiger partial charge in [0.25, 0.3) is 0 Å². The Labute approximate surface area is 106 Å². The van der Waals surface area contributed by atoms with E-state index in [1.54, 1.807) is 0 Å². The molecule has 1 saturated heterocycles. The second kappa shape index (κ2) is 6.53. The van der Waals surface area contributed by atoms with E-state index in [4.69, 9.17) is 16.3 Å². The van der Waals surface area contributed by atoms with Crippen LogP contribution in [0.5, 0.6) is 0 Å². The number of hydrogen-bond acceptors (Lipinski definition) is 5. The topological polar surface area (TPSA) is 72.9 Å². The van der Waals surface area contributed by atoms with E-state index in [1.807, 2.05) is 0 Å². The number of ether oxygens (including phenoxy) is 2. The number of hydrogen-bond donors (Lipinski definition) is 0. The second-order valence-electron chi connectivity index (χ2n) is 3.60. The van der Waals surface area contributed by atoms with Crippen LogP contribution in [0.25, 0.3) is 0 Å². The Morgan fingerprint density at radius 1 is 1.59 bits per heavy atom. The molecule has 1 heterocycles. The lowest BCUT2D eigenvalue weighted by Gasteiger charge is -2.30. The molecule has 0 aliphatic carbocycles. The van der Waals surface area contributed by atoms with E-state index in [0.717, 1.165) is 0 Å². The summed E-state index contributed by atoms with van der Waals surface area (Å²) < 4.78 is 34.7. The third kappa shape index (κ3) is 4.09. The average molecular weight is 286 g/mol. The Bertz CT molecular complexity index is 358. The lowest BCUT2D eigenvalue weighted by molar-refractivity contribution is -0.157. The van der Waals surface area contributed by atoms with Crippen LogP contribution in [-0.2, 0) is 24.3 Å². The van der Waals surface area contributed by atoms with Crippen molar-refractivity contribution in [1.29, 1.82) is 0 Å². The molecule has 0 N–H and O–H groups in total. The van der Waals surface area contributed by atoms with Gasteiger partial charge >= 0.3 is 5.97 Å². The molecule has 0 aromatic rings. The zero-order valence-electron chi connectivity index (χ0n) is 9.59. The maximum Gasteiger partial charge on any atom is 0.336 e. The van der Waals surface area contributed by atoms with E-state index >= 15 is 0 Å². The van der Waals surface area contributed by atoms with Gasteiger partial charge in [-0.25, -0.2) is 13.2 Å². The summed E-state index contributed by atoms with van der Waals surface area (Å²) >= 11 is 5.47. The van der Waals surface area contributed by atoms with Crippen molar-refractivity contribution in [1.82, 2.24) is 4.31 Å². The van der Waals surface area contributed by atoms with Gasteiger partial charge in [-0.3, -0.25) is 0 Å². The molecule has 0 radical (unpaired) electrons. The average Bonchev–Trinajstić information content (AvgIpc) is 2.35. The third-order valence-corrected chi connectivity index (χ3v) is 4.61. The predicted molar refractivity (Wildman–Crippen MR) is 62.5 cm³/mol. The zero-order valence-corrected chi connectivity index (χ0v) is 11.2. The molecular formula is C9H16ClNO5S. The highest BCUT2D eigenvalue weighted by Crippen LogP contribution is 2.12. The Morgan fingerprint density at radius 3 is 2.88 bits per heavy atom. The molecular weight excluding hydrogens is 270 g/mol. The van der Waals surface area contributed by atoms with Crippen molar-refractivity contribution < 1.29 is 22.7 Å². The molecule has 1 fully saturated rings. The molecule has 1 rings (SSSR count). The number of morpholine rings is 1. The fraction of sp³-hybridized carbons (Fsp3) is 0.889. The number of carbonyl (C=O) groups is 1. The lowest BCUT2D eigenvalue weighted by Crippen LogP contribution is -2.49. The van der Waals surface area contributed by atoms with E-state index in [2.05, 4.69) is 4.74 Å². The van der Waals surface area contributed by atoms with Gasteiger partial charge in [0.15, 0.2) is 6.10 Å². The monoisotopic (exact) mass is 285 g/mol. The maximum absolute atomic E-state index is 11.9. The van der Waals surface area contributed by atoms with Gasteiger partial charge in [0.05, 0.1) is 26.0 Å². The van der Waals surface area contributed by atoms with Crippen LogP contribution in [0.4, 0.5) is 0 Å². The van der Waals surface area contributed by atoms with Gasteiger partial charge in [0.2, 0.25) is 10.0 Å². The van der Waals surface area contributed by atoms with Gasteiger partial charge in [0.1, 0.15) is 0 Å². The van der Waals surface area contributed by atoms with Crippen LogP contribution in [0.3, 0.4) is 0 Å². The Morgan fingerprint density at radius 2 is 2.29 bits per heavy atom. The van der Waals surface area contributed by atoms with Gasteiger partial charge in [-0.1, -0.05) is 0 Å². The predicted octanol–water partition coefficient (Wildman–Crippen LogP) is -0.181. The number of rotatable bonds is 5. The number of carbonyl (C=O) groups excluding carboxylic acids is 1. The summed E-state index contributed by atoms with van der Waals surface area (Å²) in [5, 5.41) is 0. The maximum atomic E-state index is 11.9. The highest BCUT2D eigenvalue weighted by atomic mass is 35.5. The molecule has 8 heteroatoms. The van der Waals surface area contributed by atoms with Crippen LogP contribution in [0.2, 0.25) is 0 Å². The molecule has 0 bridgehead atoms. The van der Waals surface area contributed by atoms with Gasteiger partial charge < -0.3 is 9.47 Å². The third-order valence-electron chi connectivity index (χ3n) is 2.42. The lowest BCUT2D eigenvalue weighted by atomic mass is 10.3. The van der Waals surface area contributed by atoms with E-state index in [-0.39, 0.29) is 25.4 Å². The zero-order chi connectivity index (χ0) is 12.9. The fourth-order valence-electron chi connectivity index (χ4n) is 1.52. The quantitative estimate of drug-likeness (QED) is 0.517. The SMILES string of the molecule is COC(=O)C1CN(S(=O)(=O)CCCCl)CCO1. The summed E-state index contributed by atoms with van der Waals surface area (Å²) in [4.78, 5) is 11.3. The smallest absolute Gasteiger partial charge is 0.336 e. The summed E-state index contributed by atoms with van der Waals surface area (Å²) in [6.07, 6.45) is -0.441. The van der Waals surface area contributed by atoms with E-state index < -0.39 is 22.1 Å². The first kappa shape index (κ1) is 14.7. The highest BCUT2D eigenvalue weighted by molar-refractivity contribution is 7.89. The molecule has 100 valence electrons. The summed E-state index contributed by atoms with van der Waals surface area (Å²) in [5.41, 5.74) is 0. The van der Waals surface area contributed by atoms with Crippen molar-refractivity contribution in [2.45, 2.75) is 12.5 Å².